The second kappa shape index (κ2) is 3.61. The third-order valence-corrected chi connectivity index (χ3v) is 1.23. The van der Waals surface area contributed by atoms with E-state index in [0.717, 1.165) is 5.69 Å². The zero-order valence-electron chi connectivity index (χ0n) is 6.36. The molecule has 0 aliphatic carbocycles. The molecular formula is C8H10N3+. The molecule has 0 saturated carbocycles. The van der Waals surface area contributed by atoms with E-state index < -0.39 is 0 Å². The Kier molecular flexibility index (Phi) is 2.49. The fourth-order valence-corrected chi connectivity index (χ4v) is 0.718. The molecule has 0 atom stereocenters. The molecule has 11 heavy (non-hydrogen) atoms. The molecule has 0 saturated heterocycles. The summed E-state index contributed by atoms with van der Waals surface area (Å²) >= 11 is 0. The van der Waals surface area contributed by atoms with Gasteiger partial charge in [0.2, 0.25) is 0 Å². The van der Waals surface area contributed by atoms with Gasteiger partial charge >= 0.3 is 0 Å². The van der Waals surface area contributed by atoms with Crippen LogP contribution in [0.1, 0.15) is 6.92 Å². The Morgan fingerprint density at radius 3 is 2.45 bits per heavy atom. The summed E-state index contributed by atoms with van der Waals surface area (Å²) in [4.78, 5) is 4.10. The van der Waals surface area contributed by atoms with Gasteiger partial charge in [0.25, 0.3) is 0 Å². The van der Waals surface area contributed by atoms with E-state index in [1.807, 2.05) is 30.3 Å². The van der Waals surface area contributed by atoms with Gasteiger partial charge in [-0.2, -0.15) is 5.53 Å². The Morgan fingerprint density at radius 1 is 1.27 bits per heavy atom. The smallest absolute Gasteiger partial charge is 0.192 e. The molecule has 0 heterocycles. The van der Waals surface area contributed by atoms with E-state index in [1.54, 1.807) is 6.92 Å². The molecule has 0 unspecified atom stereocenters. The van der Waals surface area contributed by atoms with Crippen LogP contribution in [0.15, 0.2) is 40.4 Å². The molecule has 0 radical (unpaired) electrons. The van der Waals surface area contributed by atoms with Gasteiger partial charge in [-0.3, -0.25) is 0 Å². The van der Waals surface area contributed by atoms with Crippen molar-refractivity contribution in [1.29, 1.82) is 0 Å². The molecule has 2 N–H and O–H groups in total. The van der Waals surface area contributed by atoms with E-state index in [2.05, 4.69) is 10.1 Å². The van der Waals surface area contributed by atoms with Gasteiger partial charge in [-0.05, 0) is 12.1 Å². The lowest BCUT2D eigenvalue weighted by Gasteiger charge is -1.89. The van der Waals surface area contributed by atoms with Crippen molar-refractivity contribution < 1.29 is 5.53 Å². The van der Waals surface area contributed by atoms with Gasteiger partial charge in [-0.1, -0.05) is 18.2 Å². The van der Waals surface area contributed by atoms with Crippen molar-refractivity contribution in [2.24, 2.45) is 10.1 Å². The van der Waals surface area contributed by atoms with E-state index in [-0.39, 0.29) is 0 Å². The van der Waals surface area contributed by atoms with Crippen molar-refractivity contribution in [2.75, 3.05) is 0 Å². The highest BCUT2D eigenvalue weighted by molar-refractivity contribution is 5.82. The van der Waals surface area contributed by atoms with Crippen molar-refractivity contribution in [3.8, 4) is 0 Å². The average molecular weight is 148 g/mol. The zero-order chi connectivity index (χ0) is 8.10. The molecule has 0 aromatic heterocycles. The van der Waals surface area contributed by atoms with Gasteiger partial charge in [-0.25, -0.2) is 4.99 Å². The van der Waals surface area contributed by atoms with Crippen LogP contribution in [-0.2, 0) is 0 Å². The highest BCUT2D eigenvalue weighted by Crippen LogP contribution is 2.09. The van der Waals surface area contributed by atoms with Crippen LogP contribution in [0.25, 0.3) is 0 Å². The molecule has 3 nitrogen and oxygen atoms in total. The molecule has 0 spiro atoms. The molecule has 0 bridgehead atoms. The van der Waals surface area contributed by atoms with Crippen LogP contribution in [0.4, 0.5) is 5.69 Å². The number of para-hydroxylation sites is 1. The summed E-state index contributed by atoms with van der Waals surface area (Å²) in [5, 5.41) is 3.43. The molecular weight excluding hydrogens is 138 g/mol. The number of benzene rings is 1. The van der Waals surface area contributed by atoms with Gasteiger partial charge in [0.1, 0.15) is 0 Å². The summed E-state index contributed by atoms with van der Waals surface area (Å²) in [7, 11) is 0. The quantitative estimate of drug-likeness (QED) is 0.350. The molecule has 1 aromatic rings. The van der Waals surface area contributed by atoms with Crippen LogP contribution < -0.4 is 5.53 Å². The fraction of sp³-hybridized carbons (Fsp3) is 0.125. The van der Waals surface area contributed by atoms with Crippen molar-refractivity contribution >= 4 is 11.5 Å². The van der Waals surface area contributed by atoms with Crippen molar-refractivity contribution in [3.05, 3.63) is 30.3 Å². The third-order valence-electron chi connectivity index (χ3n) is 1.23. The fourth-order valence-electron chi connectivity index (χ4n) is 0.718. The Hall–Kier alpha value is -1.51. The zero-order valence-corrected chi connectivity index (χ0v) is 6.36. The van der Waals surface area contributed by atoms with Crippen LogP contribution >= 0.6 is 0 Å². The lowest BCUT2D eigenvalue weighted by molar-refractivity contribution is -0.207. The summed E-state index contributed by atoms with van der Waals surface area (Å²) in [5.74, 6) is 0.580. The largest absolute Gasteiger partial charge is 0.228 e. The van der Waals surface area contributed by atoms with Gasteiger partial charge in [-0.15, -0.1) is 0 Å². The molecule has 0 amide bonds. The lowest BCUT2D eigenvalue weighted by Crippen LogP contribution is -2.25. The van der Waals surface area contributed by atoms with Crippen LogP contribution in [0.5, 0.6) is 0 Å². The highest BCUT2D eigenvalue weighted by Gasteiger charge is 1.88. The standard InChI is InChI=1S/C8H9N3/c1-7(11-9)10-8-5-3-2-4-6-8/h2-6,9H,1H3/p+1. The second-order valence-corrected chi connectivity index (χ2v) is 2.12. The number of amidine groups is 1. The first-order chi connectivity index (χ1) is 5.33. The van der Waals surface area contributed by atoms with Crippen molar-refractivity contribution in [1.82, 2.24) is 0 Å². The molecule has 56 valence electrons. The number of rotatable bonds is 1. The third kappa shape index (κ3) is 2.29. The number of nitrogens with zero attached hydrogens (tertiary/aromatic N) is 2. The lowest BCUT2D eigenvalue weighted by atomic mass is 10.3. The van der Waals surface area contributed by atoms with E-state index in [1.165, 1.54) is 0 Å². The summed E-state index contributed by atoms with van der Waals surface area (Å²) in [5.41, 5.74) is 5.89. The summed E-state index contributed by atoms with van der Waals surface area (Å²) in [6.45, 7) is 1.76. The maximum Gasteiger partial charge on any atom is 0.192 e. The molecule has 1 aromatic carbocycles. The number of hydrogen-bond acceptors (Lipinski definition) is 1. The minimum absolute atomic E-state index is 0.580. The van der Waals surface area contributed by atoms with E-state index in [4.69, 9.17) is 5.53 Å². The monoisotopic (exact) mass is 148 g/mol. The Morgan fingerprint density at radius 2 is 1.91 bits per heavy atom. The van der Waals surface area contributed by atoms with Gasteiger partial charge in [0.05, 0.1) is 5.69 Å². The van der Waals surface area contributed by atoms with Gasteiger partial charge in [0, 0.05) is 12.0 Å². The maximum atomic E-state index is 5.01. The van der Waals surface area contributed by atoms with Crippen molar-refractivity contribution in [3.63, 3.8) is 0 Å². The summed E-state index contributed by atoms with van der Waals surface area (Å²) in [6.07, 6.45) is 0. The SMILES string of the molecule is CC(N=[NH2+])=Nc1ccccc1. The predicted octanol–water partition coefficient (Wildman–Crippen LogP) is 0.948. The maximum absolute atomic E-state index is 5.01. The normalized spacial score (nSPS) is 11.2. The van der Waals surface area contributed by atoms with Crippen LogP contribution in [-0.4, -0.2) is 5.84 Å². The molecule has 0 fully saturated rings. The Bertz CT molecular complexity index is 264. The first-order valence-corrected chi connectivity index (χ1v) is 3.34. The van der Waals surface area contributed by atoms with E-state index >= 15 is 0 Å². The highest BCUT2D eigenvalue weighted by atomic mass is 15.0. The molecule has 0 aliphatic heterocycles. The second-order valence-electron chi connectivity index (χ2n) is 2.12. The van der Waals surface area contributed by atoms with Crippen LogP contribution in [0.3, 0.4) is 0 Å². The van der Waals surface area contributed by atoms with Crippen molar-refractivity contribution in [2.45, 2.75) is 6.92 Å². The minimum Gasteiger partial charge on any atom is -0.228 e. The number of aliphatic imine (C=N–C) groups is 1. The Labute approximate surface area is 65.3 Å². The number of nitrogens with two attached hydrogens (primary N) is 1. The predicted molar refractivity (Wildman–Crippen MR) is 43.6 cm³/mol. The van der Waals surface area contributed by atoms with Gasteiger partial charge in [0.15, 0.2) is 5.84 Å². The molecule has 3 heteroatoms. The van der Waals surface area contributed by atoms with E-state index in [9.17, 15) is 0 Å². The van der Waals surface area contributed by atoms with Gasteiger partial charge < -0.3 is 0 Å². The summed E-state index contributed by atoms with van der Waals surface area (Å²) < 4.78 is 0. The minimum atomic E-state index is 0.580. The molecule has 0 aliphatic rings. The number of hydrogen-bond donors (Lipinski definition) is 1. The van der Waals surface area contributed by atoms with Crippen LogP contribution in [0, 0.1) is 0 Å². The topological polar surface area (TPSA) is 50.3 Å². The molecule has 1 rings (SSSR count). The average Bonchev–Trinajstić information content (AvgIpc) is 2.06. The first-order valence-electron chi connectivity index (χ1n) is 3.34. The summed E-state index contributed by atoms with van der Waals surface area (Å²) in [6, 6.07) is 9.57. The Balaban J connectivity index is 2.87. The van der Waals surface area contributed by atoms with E-state index in [0.29, 0.717) is 5.84 Å². The first kappa shape index (κ1) is 7.60. The van der Waals surface area contributed by atoms with Crippen LogP contribution in [0.2, 0.25) is 0 Å².